The van der Waals surface area contributed by atoms with Crippen molar-refractivity contribution in [2.24, 2.45) is 0 Å². The van der Waals surface area contributed by atoms with Gasteiger partial charge < -0.3 is 10.2 Å². The zero-order valence-corrected chi connectivity index (χ0v) is 17.9. The van der Waals surface area contributed by atoms with E-state index in [1.807, 2.05) is 24.3 Å². The number of carbonyl (C=O) groups excluding carboxylic acids is 2. The molecule has 1 N–H and O–H groups in total. The van der Waals surface area contributed by atoms with Crippen LogP contribution < -0.4 is 5.32 Å². The number of carbonyl (C=O) groups is 2. The number of nitrogens with one attached hydrogen (secondary N) is 1. The zero-order valence-electron chi connectivity index (χ0n) is 17.1. The number of hydrogen-bond donors (Lipinski definition) is 1. The smallest absolute Gasteiger partial charge is 0.276 e. The molecule has 0 saturated heterocycles. The summed E-state index contributed by atoms with van der Waals surface area (Å²) < 4.78 is 17.0. The predicted molar refractivity (Wildman–Crippen MR) is 116 cm³/mol. The fourth-order valence-electron chi connectivity index (χ4n) is 3.50. The number of benzene rings is 2. The van der Waals surface area contributed by atoms with Crippen molar-refractivity contribution < 1.29 is 14.0 Å². The van der Waals surface area contributed by atoms with Crippen LogP contribution in [0.1, 0.15) is 53.0 Å². The zero-order chi connectivity index (χ0) is 21.8. The molecule has 1 atom stereocenters. The van der Waals surface area contributed by atoms with Crippen LogP contribution in [0.3, 0.4) is 0 Å². The van der Waals surface area contributed by atoms with Gasteiger partial charge in [0.25, 0.3) is 5.91 Å². The molecule has 0 bridgehead atoms. The van der Waals surface area contributed by atoms with Crippen LogP contribution in [0, 0.1) is 5.82 Å². The number of aromatic nitrogens is 2. The minimum atomic E-state index is -0.784. The van der Waals surface area contributed by atoms with Gasteiger partial charge in [-0.15, -0.1) is 5.10 Å². The third kappa shape index (κ3) is 4.96. The first-order valence-corrected chi connectivity index (χ1v) is 11.1. The fourth-order valence-corrected chi connectivity index (χ4v) is 3.93. The van der Waals surface area contributed by atoms with Crippen LogP contribution in [0.15, 0.2) is 53.9 Å². The second-order valence-electron chi connectivity index (χ2n) is 7.58. The van der Waals surface area contributed by atoms with Crippen LogP contribution in [0.5, 0.6) is 0 Å². The van der Waals surface area contributed by atoms with E-state index in [9.17, 15) is 14.0 Å². The molecule has 1 saturated carbocycles. The van der Waals surface area contributed by atoms with Gasteiger partial charge in [-0.3, -0.25) is 9.59 Å². The van der Waals surface area contributed by atoms with Crippen molar-refractivity contribution in [2.45, 2.75) is 44.8 Å². The second-order valence-corrected chi connectivity index (χ2v) is 8.19. The number of aryl methyl sites for hydroxylation is 1. The van der Waals surface area contributed by atoms with Gasteiger partial charge in [0, 0.05) is 18.0 Å². The monoisotopic (exact) mass is 438 g/mol. The van der Waals surface area contributed by atoms with Crippen LogP contribution in [-0.4, -0.2) is 32.3 Å². The van der Waals surface area contributed by atoms with Crippen LogP contribution in [0.4, 0.5) is 4.39 Å². The molecule has 0 aliphatic heterocycles. The molecule has 0 unspecified atom stereocenters. The number of hydrogen-bond acceptors (Lipinski definition) is 5. The average molecular weight is 439 g/mol. The maximum Gasteiger partial charge on any atom is 0.276 e. The Morgan fingerprint density at radius 3 is 2.39 bits per heavy atom. The van der Waals surface area contributed by atoms with E-state index in [0.29, 0.717) is 0 Å². The van der Waals surface area contributed by atoms with E-state index in [4.69, 9.17) is 0 Å². The maximum absolute atomic E-state index is 13.4. The van der Waals surface area contributed by atoms with Crippen molar-refractivity contribution >= 4 is 23.3 Å². The Morgan fingerprint density at radius 2 is 1.81 bits per heavy atom. The van der Waals surface area contributed by atoms with E-state index in [0.717, 1.165) is 47.5 Å². The lowest BCUT2D eigenvalue weighted by atomic mass is 10.0. The van der Waals surface area contributed by atoms with E-state index in [2.05, 4.69) is 21.8 Å². The lowest BCUT2D eigenvalue weighted by molar-refractivity contribution is -0.126. The van der Waals surface area contributed by atoms with Gasteiger partial charge in [-0.25, -0.2) is 4.39 Å². The summed E-state index contributed by atoms with van der Waals surface area (Å²) in [5.74, 6) is -0.902. The predicted octanol–water partition coefficient (Wildman–Crippen LogP) is 3.90. The molecule has 1 aromatic heterocycles. The van der Waals surface area contributed by atoms with E-state index in [-0.39, 0.29) is 35.9 Å². The van der Waals surface area contributed by atoms with Crippen LogP contribution in [-0.2, 0) is 17.8 Å². The number of nitrogens with zero attached hydrogens (tertiary/aromatic N) is 3. The van der Waals surface area contributed by atoms with Gasteiger partial charge in [-0.1, -0.05) is 47.8 Å². The van der Waals surface area contributed by atoms with Gasteiger partial charge in [0.15, 0.2) is 5.69 Å². The minimum absolute atomic E-state index is 0.0124. The first kappa shape index (κ1) is 21.1. The van der Waals surface area contributed by atoms with E-state index >= 15 is 0 Å². The lowest BCUT2D eigenvalue weighted by Gasteiger charge is -2.31. The van der Waals surface area contributed by atoms with Crippen molar-refractivity contribution in [3.05, 3.63) is 82.1 Å². The number of halogens is 1. The molecule has 160 valence electrons. The molecule has 31 heavy (non-hydrogen) atoms. The van der Waals surface area contributed by atoms with Crippen molar-refractivity contribution in [1.82, 2.24) is 19.8 Å². The largest absolute Gasteiger partial charge is 0.350 e. The third-order valence-corrected chi connectivity index (χ3v) is 5.87. The van der Waals surface area contributed by atoms with Crippen molar-refractivity contribution in [3.8, 4) is 0 Å². The van der Waals surface area contributed by atoms with Crippen molar-refractivity contribution in [3.63, 3.8) is 0 Å². The Morgan fingerprint density at radius 1 is 1.13 bits per heavy atom. The summed E-state index contributed by atoms with van der Waals surface area (Å²) in [6.07, 6.45) is 2.58. The van der Waals surface area contributed by atoms with E-state index in [1.165, 1.54) is 12.1 Å². The average Bonchev–Trinajstić information content (AvgIpc) is 3.48. The van der Waals surface area contributed by atoms with Gasteiger partial charge in [-0.2, -0.15) is 0 Å². The first-order chi connectivity index (χ1) is 15.1. The van der Waals surface area contributed by atoms with Gasteiger partial charge in [0.1, 0.15) is 11.9 Å². The molecular weight excluding hydrogens is 415 g/mol. The normalized spacial score (nSPS) is 14.1. The quantitative estimate of drug-likeness (QED) is 0.579. The van der Waals surface area contributed by atoms with E-state index < -0.39 is 6.04 Å². The summed E-state index contributed by atoms with van der Waals surface area (Å²) in [6.45, 7) is 2.31. The molecule has 1 fully saturated rings. The summed E-state index contributed by atoms with van der Waals surface area (Å²) in [7, 11) is 0. The molecule has 1 aliphatic carbocycles. The van der Waals surface area contributed by atoms with Gasteiger partial charge in [-0.05, 0) is 59.6 Å². The van der Waals surface area contributed by atoms with Gasteiger partial charge >= 0.3 is 0 Å². The topological polar surface area (TPSA) is 75.2 Å². The molecule has 0 spiro atoms. The van der Waals surface area contributed by atoms with Crippen molar-refractivity contribution in [1.29, 1.82) is 0 Å². The standard InChI is InChI=1S/C23H23FN4O2S/c1-2-15-3-7-17(8-4-15)21(22(29)25-13-16-5-9-18(24)10-6-16)28(19-11-12-19)23(30)20-14-31-27-26-20/h3-10,14,19,21H,2,11-13H2,1H3,(H,25,29)/t21-/m0/s1. The van der Waals surface area contributed by atoms with Gasteiger partial charge in [0.05, 0.1) is 0 Å². The van der Waals surface area contributed by atoms with Crippen LogP contribution >= 0.6 is 11.5 Å². The highest BCUT2D eigenvalue weighted by Crippen LogP contribution is 2.36. The summed E-state index contributed by atoms with van der Waals surface area (Å²) >= 11 is 1.11. The molecule has 6 nitrogen and oxygen atoms in total. The Kier molecular flexibility index (Phi) is 6.36. The fraction of sp³-hybridized carbons (Fsp3) is 0.304. The Hall–Kier alpha value is -3.13. The van der Waals surface area contributed by atoms with Gasteiger partial charge in [0.2, 0.25) is 5.91 Å². The Balaban J connectivity index is 1.63. The molecule has 0 radical (unpaired) electrons. The number of rotatable bonds is 8. The molecule has 3 aromatic rings. The first-order valence-electron chi connectivity index (χ1n) is 10.3. The van der Waals surface area contributed by atoms with Crippen LogP contribution in [0.2, 0.25) is 0 Å². The third-order valence-electron chi connectivity index (χ3n) is 5.36. The highest BCUT2D eigenvalue weighted by atomic mass is 32.1. The SMILES string of the molecule is CCc1ccc([C@@H](C(=O)NCc2ccc(F)cc2)N(C(=O)c2csnn2)C2CC2)cc1. The summed E-state index contributed by atoms with van der Waals surface area (Å²) in [5, 5.41) is 8.44. The van der Waals surface area contributed by atoms with E-state index in [1.54, 1.807) is 22.4 Å². The minimum Gasteiger partial charge on any atom is -0.350 e. The summed E-state index contributed by atoms with van der Waals surface area (Å²) in [4.78, 5) is 28.3. The molecule has 4 rings (SSSR count). The molecule has 1 heterocycles. The molecule has 1 aliphatic rings. The molecular formula is C23H23FN4O2S. The number of amides is 2. The Labute approximate surface area is 184 Å². The highest BCUT2D eigenvalue weighted by molar-refractivity contribution is 7.03. The summed E-state index contributed by atoms with van der Waals surface area (Å²) in [5.41, 5.74) is 2.93. The lowest BCUT2D eigenvalue weighted by Crippen LogP contribution is -2.45. The maximum atomic E-state index is 13.4. The highest BCUT2D eigenvalue weighted by Gasteiger charge is 2.42. The second kappa shape index (κ2) is 9.34. The summed E-state index contributed by atoms with van der Waals surface area (Å²) in [6, 6.07) is 13.0. The Bertz CT molecular complexity index is 1030. The van der Waals surface area contributed by atoms with Crippen molar-refractivity contribution in [2.75, 3.05) is 0 Å². The molecule has 2 aromatic carbocycles. The molecule has 2 amide bonds. The van der Waals surface area contributed by atoms with Crippen LogP contribution in [0.25, 0.3) is 0 Å². The molecule has 8 heteroatoms.